The van der Waals surface area contributed by atoms with E-state index in [9.17, 15) is 9.18 Å². The van der Waals surface area contributed by atoms with Gasteiger partial charge in [0.25, 0.3) is 0 Å². The van der Waals surface area contributed by atoms with Gasteiger partial charge in [0, 0.05) is 28.7 Å². The van der Waals surface area contributed by atoms with E-state index in [1.807, 2.05) is 41.0 Å². The van der Waals surface area contributed by atoms with Crippen LogP contribution in [0.1, 0.15) is 0 Å². The first-order chi connectivity index (χ1) is 15.5. The molecule has 7 nitrogen and oxygen atoms in total. The molecule has 0 spiro atoms. The largest absolute Gasteiger partial charge is 0.497 e. The third-order valence-electron chi connectivity index (χ3n) is 4.44. The van der Waals surface area contributed by atoms with Gasteiger partial charge in [-0.1, -0.05) is 23.4 Å². The van der Waals surface area contributed by atoms with Gasteiger partial charge in [-0.25, -0.2) is 4.39 Å². The van der Waals surface area contributed by atoms with E-state index in [-0.39, 0.29) is 11.4 Å². The molecule has 32 heavy (non-hydrogen) atoms. The number of carbonyl (C=O) groups is 1. The first-order valence-corrected chi connectivity index (χ1v) is 10.8. The maximum absolute atomic E-state index is 13.9. The second-order valence-corrected chi connectivity index (χ2v) is 7.92. The van der Waals surface area contributed by atoms with Crippen LogP contribution in [-0.4, -0.2) is 38.5 Å². The number of thioether (sulfide) groups is 1. The van der Waals surface area contributed by atoms with Crippen molar-refractivity contribution >= 4 is 35.0 Å². The van der Waals surface area contributed by atoms with E-state index in [0.29, 0.717) is 21.8 Å². The molecule has 2 aromatic carbocycles. The zero-order valence-corrected chi connectivity index (χ0v) is 18.4. The van der Waals surface area contributed by atoms with E-state index >= 15 is 0 Å². The van der Waals surface area contributed by atoms with E-state index in [4.69, 9.17) is 16.3 Å². The third-order valence-corrected chi connectivity index (χ3v) is 5.60. The van der Waals surface area contributed by atoms with Gasteiger partial charge in [0.2, 0.25) is 5.91 Å². The standard InChI is InChI=1S/C22H17ClFN5O2S/c1-31-17-5-3-16(4-6-17)29-21(14-8-10-25-11-9-14)27-28-22(29)32-13-20(30)26-19-12-15(23)2-7-18(19)24/h2-12H,13H2,1H3,(H,26,30). The van der Waals surface area contributed by atoms with Gasteiger partial charge in [-0.2, -0.15) is 0 Å². The molecule has 2 heterocycles. The number of nitrogens with zero attached hydrogens (tertiary/aromatic N) is 4. The topological polar surface area (TPSA) is 81.9 Å². The quantitative estimate of drug-likeness (QED) is 0.389. The minimum atomic E-state index is -0.561. The van der Waals surface area contributed by atoms with Crippen molar-refractivity contribution in [1.29, 1.82) is 0 Å². The number of aromatic nitrogens is 4. The molecule has 0 saturated heterocycles. The molecule has 0 bridgehead atoms. The molecule has 2 aromatic heterocycles. The number of amides is 1. The van der Waals surface area contributed by atoms with Crippen LogP contribution < -0.4 is 10.1 Å². The van der Waals surface area contributed by atoms with Gasteiger partial charge < -0.3 is 10.1 Å². The van der Waals surface area contributed by atoms with Crippen molar-refractivity contribution in [3.63, 3.8) is 0 Å². The molecule has 1 amide bonds. The first kappa shape index (κ1) is 21.8. The van der Waals surface area contributed by atoms with Crippen molar-refractivity contribution < 1.29 is 13.9 Å². The van der Waals surface area contributed by atoms with E-state index in [0.717, 1.165) is 11.3 Å². The smallest absolute Gasteiger partial charge is 0.234 e. The van der Waals surface area contributed by atoms with Crippen molar-refractivity contribution in [3.05, 3.63) is 77.8 Å². The third kappa shape index (κ3) is 4.90. The molecule has 0 fully saturated rings. The lowest BCUT2D eigenvalue weighted by atomic mass is 10.2. The number of anilines is 1. The van der Waals surface area contributed by atoms with Gasteiger partial charge >= 0.3 is 0 Å². The van der Waals surface area contributed by atoms with Crippen LogP contribution in [0, 0.1) is 5.82 Å². The van der Waals surface area contributed by atoms with Crippen molar-refractivity contribution in [2.24, 2.45) is 0 Å². The van der Waals surface area contributed by atoms with E-state index in [1.165, 1.54) is 30.0 Å². The maximum atomic E-state index is 13.9. The van der Waals surface area contributed by atoms with Gasteiger partial charge in [-0.3, -0.25) is 14.3 Å². The Morgan fingerprint density at radius 2 is 1.88 bits per heavy atom. The van der Waals surface area contributed by atoms with Gasteiger partial charge in [0.1, 0.15) is 11.6 Å². The highest BCUT2D eigenvalue weighted by Gasteiger charge is 2.18. The summed E-state index contributed by atoms with van der Waals surface area (Å²) in [4.78, 5) is 16.5. The first-order valence-electron chi connectivity index (χ1n) is 9.43. The molecule has 1 N–H and O–H groups in total. The van der Waals surface area contributed by atoms with Crippen LogP contribution in [0.5, 0.6) is 5.75 Å². The highest BCUT2D eigenvalue weighted by molar-refractivity contribution is 7.99. The van der Waals surface area contributed by atoms with Crippen LogP contribution >= 0.6 is 23.4 Å². The van der Waals surface area contributed by atoms with Crippen LogP contribution in [0.3, 0.4) is 0 Å². The highest BCUT2D eigenvalue weighted by Crippen LogP contribution is 2.29. The summed E-state index contributed by atoms with van der Waals surface area (Å²) in [6.45, 7) is 0. The molecule has 4 rings (SSSR count). The fraction of sp³-hybridized carbons (Fsp3) is 0.0909. The summed E-state index contributed by atoms with van der Waals surface area (Å²) in [5, 5.41) is 12.0. The number of hydrogen-bond donors (Lipinski definition) is 1. The lowest BCUT2D eigenvalue weighted by Crippen LogP contribution is -2.15. The number of nitrogens with one attached hydrogen (secondary N) is 1. The number of methoxy groups -OCH3 is 1. The zero-order valence-electron chi connectivity index (χ0n) is 16.8. The second-order valence-electron chi connectivity index (χ2n) is 6.54. The number of hydrogen-bond acceptors (Lipinski definition) is 6. The van der Waals surface area contributed by atoms with Crippen molar-refractivity contribution in [1.82, 2.24) is 19.7 Å². The molecule has 0 radical (unpaired) electrons. The van der Waals surface area contributed by atoms with Gasteiger partial charge in [0.05, 0.1) is 18.6 Å². The lowest BCUT2D eigenvalue weighted by Gasteiger charge is -2.11. The average molecular weight is 470 g/mol. The Morgan fingerprint density at radius 3 is 2.59 bits per heavy atom. The predicted molar refractivity (Wildman–Crippen MR) is 122 cm³/mol. The van der Waals surface area contributed by atoms with Crippen molar-refractivity contribution in [2.75, 3.05) is 18.2 Å². The summed E-state index contributed by atoms with van der Waals surface area (Å²) < 4.78 is 21.0. The Balaban J connectivity index is 1.60. The number of rotatable bonds is 7. The average Bonchev–Trinajstić information content (AvgIpc) is 3.25. The number of benzene rings is 2. The Kier molecular flexibility index (Phi) is 6.67. The number of ether oxygens (including phenoxy) is 1. The Bertz CT molecular complexity index is 1240. The van der Waals surface area contributed by atoms with E-state index in [2.05, 4.69) is 20.5 Å². The summed E-state index contributed by atoms with van der Waals surface area (Å²) in [5.41, 5.74) is 1.64. The molecule has 0 saturated carbocycles. The molecule has 0 atom stereocenters. The number of carbonyl (C=O) groups excluding carboxylic acids is 1. The SMILES string of the molecule is COc1ccc(-n2c(SCC(=O)Nc3cc(Cl)ccc3F)nnc2-c2ccncc2)cc1. The molecular formula is C22H17ClFN5O2S. The maximum Gasteiger partial charge on any atom is 0.234 e. The summed E-state index contributed by atoms with van der Waals surface area (Å²) in [6.07, 6.45) is 3.34. The second kappa shape index (κ2) is 9.80. The van der Waals surface area contributed by atoms with Crippen LogP contribution in [0.2, 0.25) is 5.02 Å². The molecular weight excluding hydrogens is 453 g/mol. The molecule has 4 aromatic rings. The van der Waals surface area contributed by atoms with E-state index in [1.54, 1.807) is 19.5 Å². The summed E-state index contributed by atoms with van der Waals surface area (Å²) in [5.74, 6) is 0.349. The normalized spacial score (nSPS) is 10.7. The molecule has 0 aliphatic heterocycles. The molecule has 10 heteroatoms. The fourth-order valence-corrected chi connectivity index (χ4v) is 3.85. The monoisotopic (exact) mass is 469 g/mol. The van der Waals surface area contributed by atoms with Crippen LogP contribution in [0.4, 0.5) is 10.1 Å². The van der Waals surface area contributed by atoms with Crippen LogP contribution in [0.15, 0.2) is 72.1 Å². The van der Waals surface area contributed by atoms with Crippen LogP contribution in [0.25, 0.3) is 17.1 Å². The summed E-state index contributed by atoms with van der Waals surface area (Å²) in [6, 6.07) is 15.0. The van der Waals surface area contributed by atoms with Crippen LogP contribution in [-0.2, 0) is 4.79 Å². The number of pyridine rings is 1. The number of halogens is 2. The predicted octanol–water partition coefficient (Wildman–Crippen LogP) is 4.86. The molecule has 0 unspecified atom stereocenters. The minimum absolute atomic E-state index is 0.00339. The van der Waals surface area contributed by atoms with Gasteiger partial charge in [-0.05, 0) is 54.6 Å². The molecule has 162 valence electrons. The van der Waals surface area contributed by atoms with Gasteiger partial charge in [0.15, 0.2) is 11.0 Å². The highest BCUT2D eigenvalue weighted by atomic mass is 35.5. The fourth-order valence-electron chi connectivity index (χ4n) is 2.93. The summed E-state index contributed by atoms with van der Waals surface area (Å²) in [7, 11) is 1.60. The van der Waals surface area contributed by atoms with E-state index < -0.39 is 11.7 Å². The zero-order chi connectivity index (χ0) is 22.5. The lowest BCUT2D eigenvalue weighted by molar-refractivity contribution is -0.113. The Morgan fingerprint density at radius 1 is 1.12 bits per heavy atom. The molecule has 0 aliphatic carbocycles. The molecule has 0 aliphatic rings. The van der Waals surface area contributed by atoms with Crippen molar-refractivity contribution in [2.45, 2.75) is 5.16 Å². The Hall–Kier alpha value is -3.43. The van der Waals surface area contributed by atoms with Gasteiger partial charge in [-0.15, -0.1) is 10.2 Å². The minimum Gasteiger partial charge on any atom is -0.497 e. The Labute approximate surface area is 192 Å². The van der Waals surface area contributed by atoms with Crippen molar-refractivity contribution in [3.8, 4) is 22.8 Å². The summed E-state index contributed by atoms with van der Waals surface area (Å²) >= 11 is 7.07.